The van der Waals surface area contributed by atoms with Crippen molar-refractivity contribution < 1.29 is 9.76 Å². The van der Waals surface area contributed by atoms with Crippen LogP contribution in [0.25, 0.3) is 5.69 Å². The molecule has 138 valence electrons. The maximum absolute atomic E-state index is 12.2. The number of nitrogens with one attached hydrogen (secondary N) is 1. The van der Waals surface area contributed by atoms with Gasteiger partial charge in [-0.05, 0) is 36.4 Å². The Labute approximate surface area is 154 Å². The summed E-state index contributed by atoms with van der Waals surface area (Å²) in [5.41, 5.74) is -2.52. The van der Waals surface area contributed by atoms with Crippen molar-refractivity contribution in [3.63, 3.8) is 0 Å². The summed E-state index contributed by atoms with van der Waals surface area (Å²) in [5, 5.41) is 10.7. The van der Waals surface area contributed by atoms with Crippen molar-refractivity contribution in [2.24, 2.45) is 0 Å². The SMILES string of the molecule is COn1c(=O)[nH]c(=O)n(-c2ccc(Sc3ccc([N+](=O)[O-])cc3)cc2)c1=O. The number of aromatic amines is 1. The summed E-state index contributed by atoms with van der Waals surface area (Å²) in [7, 11) is 1.13. The highest BCUT2D eigenvalue weighted by Gasteiger charge is 2.12. The fraction of sp³-hybridized carbons (Fsp3) is 0.0625. The average molecular weight is 388 g/mol. The van der Waals surface area contributed by atoms with Crippen LogP contribution in [-0.2, 0) is 0 Å². The Kier molecular flexibility index (Phi) is 4.94. The first kappa shape index (κ1) is 18.2. The van der Waals surface area contributed by atoms with Gasteiger partial charge in [0.1, 0.15) is 7.11 Å². The molecule has 0 unspecified atom stereocenters. The van der Waals surface area contributed by atoms with Gasteiger partial charge in [-0.2, -0.15) is 0 Å². The molecule has 10 nitrogen and oxygen atoms in total. The van der Waals surface area contributed by atoms with Crippen LogP contribution in [0.4, 0.5) is 5.69 Å². The van der Waals surface area contributed by atoms with Gasteiger partial charge in [0.05, 0.1) is 10.6 Å². The third-order valence-electron chi connectivity index (χ3n) is 3.53. The number of hydrogen-bond donors (Lipinski definition) is 1. The lowest BCUT2D eigenvalue weighted by molar-refractivity contribution is -0.384. The zero-order valence-corrected chi connectivity index (χ0v) is 14.6. The molecule has 0 saturated heterocycles. The van der Waals surface area contributed by atoms with E-state index in [-0.39, 0.29) is 11.4 Å². The molecule has 1 heterocycles. The molecule has 3 aromatic rings. The van der Waals surface area contributed by atoms with E-state index in [2.05, 4.69) is 4.84 Å². The van der Waals surface area contributed by atoms with Gasteiger partial charge in [-0.25, -0.2) is 19.0 Å². The molecule has 0 aliphatic rings. The molecule has 0 spiro atoms. The highest BCUT2D eigenvalue weighted by atomic mass is 32.2. The summed E-state index contributed by atoms with van der Waals surface area (Å²) in [6.45, 7) is 0. The van der Waals surface area contributed by atoms with Gasteiger partial charge in [0.25, 0.3) is 5.69 Å². The second-order valence-electron chi connectivity index (χ2n) is 5.18. The van der Waals surface area contributed by atoms with E-state index in [0.717, 1.165) is 21.5 Å². The first-order chi connectivity index (χ1) is 12.9. The molecule has 27 heavy (non-hydrogen) atoms. The van der Waals surface area contributed by atoms with Crippen LogP contribution in [0.15, 0.2) is 72.7 Å². The van der Waals surface area contributed by atoms with Gasteiger partial charge < -0.3 is 4.84 Å². The van der Waals surface area contributed by atoms with E-state index < -0.39 is 22.0 Å². The van der Waals surface area contributed by atoms with Gasteiger partial charge in [0.2, 0.25) is 0 Å². The van der Waals surface area contributed by atoms with Crippen molar-refractivity contribution in [2.75, 3.05) is 7.11 Å². The number of aromatic nitrogens is 3. The van der Waals surface area contributed by atoms with E-state index in [4.69, 9.17) is 0 Å². The maximum atomic E-state index is 12.2. The van der Waals surface area contributed by atoms with Crippen LogP contribution >= 0.6 is 11.8 Å². The number of rotatable bonds is 5. The predicted octanol–water partition coefficient (Wildman–Crippen LogP) is 0.805. The minimum absolute atomic E-state index is 0.00145. The Morgan fingerprint density at radius 3 is 2.04 bits per heavy atom. The van der Waals surface area contributed by atoms with Crippen LogP contribution in [0, 0.1) is 10.1 Å². The van der Waals surface area contributed by atoms with E-state index in [1.165, 1.54) is 36.0 Å². The Balaban J connectivity index is 1.90. The van der Waals surface area contributed by atoms with Crippen LogP contribution in [0.3, 0.4) is 0 Å². The van der Waals surface area contributed by atoms with Crippen LogP contribution in [-0.4, -0.2) is 26.3 Å². The van der Waals surface area contributed by atoms with E-state index in [0.29, 0.717) is 4.73 Å². The molecule has 0 aliphatic carbocycles. The first-order valence-electron chi connectivity index (χ1n) is 7.46. The Bertz CT molecular complexity index is 1160. The molecule has 0 radical (unpaired) electrons. The Morgan fingerprint density at radius 1 is 0.963 bits per heavy atom. The monoisotopic (exact) mass is 388 g/mol. The zero-order valence-electron chi connectivity index (χ0n) is 13.8. The van der Waals surface area contributed by atoms with Crippen LogP contribution < -0.4 is 21.9 Å². The molecular weight excluding hydrogens is 376 g/mol. The van der Waals surface area contributed by atoms with Gasteiger partial charge in [0.15, 0.2) is 0 Å². The van der Waals surface area contributed by atoms with E-state index in [1.54, 1.807) is 24.3 Å². The highest BCUT2D eigenvalue weighted by molar-refractivity contribution is 7.99. The van der Waals surface area contributed by atoms with Crippen molar-refractivity contribution in [1.82, 2.24) is 14.3 Å². The van der Waals surface area contributed by atoms with Crippen molar-refractivity contribution in [1.29, 1.82) is 0 Å². The number of nitro groups is 1. The number of nitro benzene ring substituents is 1. The van der Waals surface area contributed by atoms with Gasteiger partial charge in [0, 0.05) is 21.9 Å². The lowest BCUT2D eigenvalue weighted by Crippen LogP contribution is -2.50. The van der Waals surface area contributed by atoms with Gasteiger partial charge in [-0.15, -0.1) is 0 Å². The highest BCUT2D eigenvalue weighted by Crippen LogP contribution is 2.29. The third kappa shape index (κ3) is 3.67. The van der Waals surface area contributed by atoms with E-state index >= 15 is 0 Å². The van der Waals surface area contributed by atoms with Crippen LogP contribution in [0.5, 0.6) is 0 Å². The summed E-state index contributed by atoms with van der Waals surface area (Å²) >= 11 is 1.35. The van der Waals surface area contributed by atoms with Crippen molar-refractivity contribution in [3.05, 3.63) is 90.1 Å². The maximum Gasteiger partial charge on any atom is 0.374 e. The summed E-state index contributed by atoms with van der Waals surface area (Å²) < 4.78 is 1.20. The lowest BCUT2D eigenvalue weighted by atomic mass is 10.3. The molecule has 1 aromatic heterocycles. The number of benzene rings is 2. The van der Waals surface area contributed by atoms with Gasteiger partial charge in [-0.3, -0.25) is 15.1 Å². The predicted molar refractivity (Wildman–Crippen MR) is 96.6 cm³/mol. The van der Waals surface area contributed by atoms with Crippen molar-refractivity contribution >= 4 is 17.4 Å². The van der Waals surface area contributed by atoms with Crippen molar-refractivity contribution in [3.8, 4) is 5.69 Å². The summed E-state index contributed by atoms with van der Waals surface area (Å²) in [5.74, 6) is 0. The van der Waals surface area contributed by atoms with E-state index in [1.807, 2.05) is 4.98 Å². The second kappa shape index (κ2) is 7.33. The molecule has 1 N–H and O–H groups in total. The molecule has 0 atom stereocenters. The standard InChI is InChI=1S/C16H12N4O6S/c1-26-19-15(22)17-14(21)18(16(19)23)10-2-6-12(7-3-10)27-13-8-4-11(5-9-13)20(24)25/h2-9H,1H3,(H,17,21,22). The lowest BCUT2D eigenvalue weighted by Gasteiger charge is -2.08. The number of hydrogen-bond acceptors (Lipinski definition) is 7. The topological polar surface area (TPSA) is 129 Å². The molecule has 0 aliphatic heterocycles. The number of non-ortho nitro benzene ring substituents is 1. The molecule has 0 fully saturated rings. The summed E-state index contributed by atoms with van der Waals surface area (Å²) in [4.78, 5) is 54.2. The van der Waals surface area contributed by atoms with Crippen LogP contribution in [0.2, 0.25) is 0 Å². The third-order valence-corrected chi connectivity index (χ3v) is 4.54. The minimum Gasteiger partial charge on any atom is -0.408 e. The van der Waals surface area contributed by atoms with Gasteiger partial charge >= 0.3 is 17.1 Å². The molecule has 0 saturated carbocycles. The smallest absolute Gasteiger partial charge is 0.374 e. The molecular formula is C16H12N4O6S. The molecule has 11 heteroatoms. The Morgan fingerprint density at radius 2 is 1.52 bits per heavy atom. The van der Waals surface area contributed by atoms with Crippen molar-refractivity contribution in [2.45, 2.75) is 9.79 Å². The average Bonchev–Trinajstić information content (AvgIpc) is 2.63. The molecule has 3 rings (SSSR count). The van der Waals surface area contributed by atoms with E-state index in [9.17, 15) is 24.5 Å². The fourth-order valence-corrected chi connectivity index (χ4v) is 3.10. The fourth-order valence-electron chi connectivity index (χ4n) is 2.29. The zero-order chi connectivity index (χ0) is 19.6. The normalized spacial score (nSPS) is 10.6. The largest absolute Gasteiger partial charge is 0.408 e. The number of nitrogens with zero attached hydrogens (tertiary/aromatic N) is 3. The summed E-state index contributed by atoms with van der Waals surface area (Å²) in [6, 6.07) is 12.5. The molecule has 0 amide bonds. The molecule has 0 bridgehead atoms. The first-order valence-corrected chi connectivity index (χ1v) is 8.28. The van der Waals surface area contributed by atoms with Gasteiger partial charge in [-0.1, -0.05) is 16.5 Å². The second-order valence-corrected chi connectivity index (χ2v) is 6.32. The quantitative estimate of drug-likeness (QED) is 0.506. The molecule has 2 aromatic carbocycles. The number of H-pyrrole nitrogens is 1. The van der Waals surface area contributed by atoms with Crippen LogP contribution in [0.1, 0.15) is 0 Å². The summed E-state index contributed by atoms with van der Waals surface area (Å²) in [6.07, 6.45) is 0. The minimum atomic E-state index is -0.964. The Hall–Kier alpha value is -3.60.